The molecule has 0 bridgehead atoms. The van der Waals surface area contributed by atoms with Gasteiger partial charge in [-0.3, -0.25) is 9.59 Å². The van der Waals surface area contributed by atoms with Crippen molar-refractivity contribution in [2.24, 2.45) is 17.0 Å². The highest BCUT2D eigenvalue weighted by Gasteiger charge is 2.45. The van der Waals surface area contributed by atoms with Gasteiger partial charge in [-0.2, -0.15) is 0 Å². The molecular formula is C18H22N4O5S. The molecule has 9 nitrogen and oxygen atoms in total. The lowest BCUT2D eigenvalue weighted by atomic mass is 9.82. The first-order valence-electron chi connectivity index (χ1n) is 9.19. The van der Waals surface area contributed by atoms with Gasteiger partial charge < -0.3 is 10.0 Å². The summed E-state index contributed by atoms with van der Waals surface area (Å²) in [6, 6.07) is 7.38. The van der Waals surface area contributed by atoms with Gasteiger partial charge in [-0.1, -0.05) is 23.3 Å². The molecule has 10 heteroatoms. The summed E-state index contributed by atoms with van der Waals surface area (Å²) in [5.41, 5.74) is 8.74. The minimum atomic E-state index is -3.60. The number of benzene rings is 1. The molecule has 28 heavy (non-hydrogen) atoms. The predicted octanol–water partition coefficient (Wildman–Crippen LogP) is 2.24. The molecule has 1 saturated carbocycles. The van der Waals surface area contributed by atoms with Crippen molar-refractivity contribution in [3.05, 3.63) is 40.8 Å². The number of carboxylic acids is 1. The first-order valence-corrected chi connectivity index (χ1v) is 10.8. The molecule has 4 atom stereocenters. The first kappa shape index (κ1) is 20.2. The fourth-order valence-corrected chi connectivity index (χ4v) is 5.94. The zero-order valence-corrected chi connectivity index (χ0v) is 16.0. The molecule has 1 aromatic rings. The van der Waals surface area contributed by atoms with E-state index in [1.165, 1.54) is 17.0 Å². The second-order valence-corrected chi connectivity index (χ2v) is 9.34. The lowest BCUT2D eigenvalue weighted by Gasteiger charge is -2.40. The molecule has 0 spiro atoms. The SMILES string of the molecule is [N-]=[N+]=N[C@@H]1CC[C@H](N2CCC(C(=O)O)C2=O)[C@H](CS(=O)(=O)c2ccccc2)C1. The number of carbonyl (C=O) groups is 2. The van der Waals surface area contributed by atoms with E-state index in [0.29, 0.717) is 25.8 Å². The number of rotatable bonds is 6. The number of azide groups is 1. The Morgan fingerprint density at radius 1 is 1.25 bits per heavy atom. The van der Waals surface area contributed by atoms with E-state index in [1.807, 2.05) is 0 Å². The summed E-state index contributed by atoms with van der Waals surface area (Å²) in [7, 11) is -3.60. The second-order valence-electron chi connectivity index (χ2n) is 7.30. The number of amides is 1. The number of aliphatic carboxylic acids is 1. The monoisotopic (exact) mass is 406 g/mol. The van der Waals surface area contributed by atoms with E-state index in [2.05, 4.69) is 10.0 Å². The van der Waals surface area contributed by atoms with Crippen molar-refractivity contribution in [2.45, 2.75) is 42.7 Å². The van der Waals surface area contributed by atoms with Gasteiger partial charge in [-0.15, -0.1) is 0 Å². The van der Waals surface area contributed by atoms with Gasteiger partial charge in [0.15, 0.2) is 9.84 Å². The number of carbonyl (C=O) groups excluding carboxylic acids is 1. The maximum Gasteiger partial charge on any atom is 0.316 e. The molecule has 1 heterocycles. The van der Waals surface area contributed by atoms with Crippen LogP contribution in [0.25, 0.3) is 10.4 Å². The van der Waals surface area contributed by atoms with E-state index in [4.69, 9.17) is 5.53 Å². The Balaban J connectivity index is 1.85. The van der Waals surface area contributed by atoms with Gasteiger partial charge >= 0.3 is 5.97 Å². The third-order valence-electron chi connectivity index (χ3n) is 5.60. The van der Waals surface area contributed by atoms with Gasteiger partial charge in [0.2, 0.25) is 5.91 Å². The molecule has 1 N–H and O–H groups in total. The molecule has 3 rings (SSSR count). The summed E-state index contributed by atoms with van der Waals surface area (Å²) >= 11 is 0. The topological polar surface area (TPSA) is 141 Å². The van der Waals surface area contributed by atoms with E-state index in [9.17, 15) is 23.1 Å². The maximum atomic E-state index is 12.9. The van der Waals surface area contributed by atoms with Gasteiger partial charge in [-0.25, -0.2) is 8.42 Å². The smallest absolute Gasteiger partial charge is 0.316 e. The van der Waals surface area contributed by atoms with Crippen LogP contribution in [0.3, 0.4) is 0 Å². The Labute approximate surface area is 162 Å². The summed E-state index contributed by atoms with van der Waals surface area (Å²) in [5, 5.41) is 13.0. The first-order chi connectivity index (χ1) is 13.3. The maximum absolute atomic E-state index is 12.9. The third kappa shape index (κ3) is 4.13. The summed E-state index contributed by atoms with van der Waals surface area (Å²) in [4.78, 5) is 28.4. The van der Waals surface area contributed by atoms with Crippen molar-refractivity contribution in [3.63, 3.8) is 0 Å². The van der Waals surface area contributed by atoms with Crippen molar-refractivity contribution >= 4 is 21.7 Å². The van der Waals surface area contributed by atoms with Crippen LogP contribution in [0.5, 0.6) is 0 Å². The van der Waals surface area contributed by atoms with Crippen molar-refractivity contribution in [1.82, 2.24) is 4.90 Å². The average molecular weight is 406 g/mol. The van der Waals surface area contributed by atoms with Crippen LogP contribution in [0.4, 0.5) is 0 Å². The highest BCUT2D eigenvalue weighted by atomic mass is 32.2. The predicted molar refractivity (Wildman–Crippen MR) is 100 cm³/mol. The molecule has 2 aliphatic rings. The molecule has 1 aliphatic heterocycles. The Bertz CT molecular complexity index is 898. The van der Waals surface area contributed by atoms with E-state index in [0.717, 1.165) is 0 Å². The van der Waals surface area contributed by atoms with Crippen LogP contribution in [0.1, 0.15) is 25.7 Å². The van der Waals surface area contributed by atoms with Gasteiger partial charge in [0, 0.05) is 23.5 Å². The van der Waals surface area contributed by atoms with Crippen LogP contribution in [0.2, 0.25) is 0 Å². The second kappa shape index (κ2) is 8.20. The minimum Gasteiger partial charge on any atom is -0.481 e. The van der Waals surface area contributed by atoms with Crippen LogP contribution in [-0.2, 0) is 19.4 Å². The van der Waals surface area contributed by atoms with E-state index >= 15 is 0 Å². The molecule has 1 unspecified atom stereocenters. The number of likely N-dealkylation sites (tertiary alicyclic amines) is 1. The van der Waals surface area contributed by atoms with E-state index in [-0.39, 0.29) is 29.2 Å². The minimum absolute atomic E-state index is 0.180. The molecule has 0 radical (unpaired) electrons. The lowest BCUT2D eigenvalue weighted by Crippen LogP contribution is -2.48. The fraction of sp³-hybridized carbons (Fsp3) is 0.556. The zero-order valence-electron chi connectivity index (χ0n) is 15.2. The van der Waals surface area contributed by atoms with Crippen LogP contribution in [-0.4, -0.2) is 54.7 Å². The lowest BCUT2D eigenvalue weighted by molar-refractivity contribution is -0.148. The van der Waals surface area contributed by atoms with Crippen molar-refractivity contribution < 1.29 is 23.1 Å². The molecule has 1 saturated heterocycles. The van der Waals surface area contributed by atoms with E-state index in [1.54, 1.807) is 18.2 Å². The van der Waals surface area contributed by atoms with Gasteiger partial charge in [0.25, 0.3) is 0 Å². The highest BCUT2D eigenvalue weighted by molar-refractivity contribution is 7.91. The van der Waals surface area contributed by atoms with Crippen LogP contribution < -0.4 is 0 Å². The summed E-state index contributed by atoms with van der Waals surface area (Å²) in [6.07, 6.45) is 1.60. The zero-order chi connectivity index (χ0) is 20.3. The summed E-state index contributed by atoms with van der Waals surface area (Å²) < 4.78 is 25.8. The Morgan fingerprint density at radius 3 is 2.57 bits per heavy atom. The van der Waals surface area contributed by atoms with Crippen molar-refractivity contribution in [1.29, 1.82) is 0 Å². The van der Waals surface area contributed by atoms with Crippen molar-refractivity contribution in [2.75, 3.05) is 12.3 Å². The summed E-state index contributed by atoms with van der Waals surface area (Å²) in [6.45, 7) is 0.300. The Kier molecular flexibility index (Phi) is 5.90. The largest absolute Gasteiger partial charge is 0.481 e. The number of hydrogen-bond acceptors (Lipinski definition) is 5. The highest BCUT2D eigenvalue weighted by Crippen LogP contribution is 2.36. The van der Waals surface area contributed by atoms with Crippen LogP contribution in [0, 0.1) is 11.8 Å². The normalized spacial score (nSPS) is 28.0. The molecule has 2 fully saturated rings. The quantitative estimate of drug-likeness (QED) is 0.334. The van der Waals surface area contributed by atoms with E-state index < -0.39 is 33.5 Å². The number of nitrogens with zero attached hydrogens (tertiary/aromatic N) is 4. The van der Waals surface area contributed by atoms with Crippen LogP contribution in [0.15, 0.2) is 40.3 Å². The number of sulfone groups is 1. The third-order valence-corrected chi connectivity index (χ3v) is 7.46. The standard InChI is InChI=1S/C18H22N4O5S/c19-21-20-13-6-7-16(22-9-8-15(17(22)23)18(24)25)12(10-13)11-28(26,27)14-4-2-1-3-5-14/h1-5,12-13,15-16H,6-11H2,(H,24,25)/t12-,13+,15?,16-/m0/s1. The number of carboxylic acid groups (broad SMARTS) is 1. The molecule has 1 aliphatic carbocycles. The van der Waals surface area contributed by atoms with Gasteiger partial charge in [0.05, 0.1) is 10.6 Å². The molecule has 1 aromatic carbocycles. The Hall–Kier alpha value is -2.58. The number of hydrogen-bond donors (Lipinski definition) is 1. The van der Waals surface area contributed by atoms with Crippen molar-refractivity contribution in [3.8, 4) is 0 Å². The van der Waals surface area contributed by atoms with Gasteiger partial charge in [0.1, 0.15) is 5.92 Å². The van der Waals surface area contributed by atoms with Gasteiger partial charge in [-0.05, 0) is 49.3 Å². The molecule has 150 valence electrons. The molecule has 1 amide bonds. The molecule has 0 aromatic heterocycles. The fourth-order valence-electron chi connectivity index (χ4n) is 4.26. The Morgan fingerprint density at radius 2 is 1.96 bits per heavy atom. The molecular weight excluding hydrogens is 384 g/mol. The average Bonchev–Trinajstić information content (AvgIpc) is 3.04. The summed E-state index contributed by atoms with van der Waals surface area (Å²) in [5.74, 6) is -3.28. The van der Waals surface area contributed by atoms with Crippen LogP contribution >= 0.6 is 0 Å².